The normalized spacial score (nSPS) is 19.5. The highest BCUT2D eigenvalue weighted by Gasteiger charge is 2.36. The van der Waals surface area contributed by atoms with Crippen LogP contribution in [0.15, 0.2) is 35.2 Å². The molecule has 11 nitrogen and oxygen atoms in total. The molecule has 4 heterocycles. The van der Waals surface area contributed by atoms with Crippen molar-refractivity contribution in [1.82, 2.24) is 35.2 Å². The van der Waals surface area contributed by atoms with Gasteiger partial charge in [0.1, 0.15) is 29.3 Å². The average Bonchev–Trinajstić information content (AvgIpc) is 3.31. The number of hydrogen-bond acceptors (Lipinski definition) is 9. The van der Waals surface area contributed by atoms with Gasteiger partial charge in [0.15, 0.2) is 5.65 Å². The Balaban J connectivity index is 1.33. The van der Waals surface area contributed by atoms with Crippen molar-refractivity contribution in [3.63, 3.8) is 0 Å². The Hall–Kier alpha value is -3.86. The molecule has 0 bridgehead atoms. The number of ether oxygens (including phenoxy) is 1. The van der Waals surface area contributed by atoms with Gasteiger partial charge in [0.2, 0.25) is 5.91 Å². The first-order valence-corrected chi connectivity index (χ1v) is 12.9. The first kappa shape index (κ1) is 23.5. The number of nitrogens with one attached hydrogen (secondary N) is 1. The van der Waals surface area contributed by atoms with Crippen LogP contribution in [0.3, 0.4) is 0 Å². The minimum atomic E-state index is 0.00817. The Labute approximate surface area is 213 Å². The smallest absolute Gasteiger partial charge is 0.222 e. The van der Waals surface area contributed by atoms with Crippen LogP contribution in [0.1, 0.15) is 63.2 Å². The lowest BCUT2D eigenvalue weighted by Gasteiger charge is -2.13. The van der Waals surface area contributed by atoms with Crippen molar-refractivity contribution in [2.24, 2.45) is 0 Å². The van der Waals surface area contributed by atoms with E-state index in [-0.39, 0.29) is 18.1 Å². The van der Waals surface area contributed by atoms with Crippen LogP contribution in [-0.2, 0) is 9.53 Å². The molecule has 4 aromatic heterocycles. The first-order chi connectivity index (χ1) is 18.1. The van der Waals surface area contributed by atoms with Gasteiger partial charge in [-0.15, -0.1) is 0 Å². The molecule has 2 fully saturated rings. The summed E-state index contributed by atoms with van der Waals surface area (Å²) in [6.07, 6.45) is 8.32. The Morgan fingerprint density at radius 2 is 2.08 bits per heavy atom. The average molecular weight is 503 g/mol. The standard InChI is InChI=1S/C26H30N8O3/c1-2-28-19(35)10-12-36-17-9-8-16(13-17)34-26-21(25(27)30-14-31-26)22(32-34)23-20(18-5-3-4-11-29-18)24(37-33-23)15-6-7-15/h3-5,11,14-17H,2,6-10,12-13H2,1H3,(H,28,35)(H2,27,30,31)/t16-,17+/m0/s1. The van der Waals surface area contributed by atoms with Crippen LogP contribution in [-0.4, -0.2) is 55.1 Å². The third-order valence-electron chi connectivity index (χ3n) is 7.09. The molecule has 0 unspecified atom stereocenters. The number of aromatic nitrogens is 6. The molecule has 3 N–H and O–H groups in total. The lowest BCUT2D eigenvalue weighted by molar-refractivity contribution is -0.122. The fourth-order valence-corrected chi connectivity index (χ4v) is 5.16. The Kier molecular flexibility index (Phi) is 6.29. The third kappa shape index (κ3) is 4.55. The predicted octanol–water partition coefficient (Wildman–Crippen LogP) is 3.64. The van der Waals surface area contributed by atoms with Crippen molar-refractivity contribution < 1.29 is 14.1 Å². The summed E-state index contributed by atoms with van der Waals surface area (Å²) in [6, 6.07) is 5.88. The van der Waals surface area contributed by atoms with E-state index in [4.69, 9.17) is 20.1 Å². The maximum Gasteiger partial charge on any atom is 0.222 e. The number of nitrogens with two attached hydrogens (primary N) is 1. The Morgan fingerprint density at radius 3 is 2.86 bits per heavy atom. The van der Waals surface area contributed by atoms with E-state index in [0.717, 1.165) is 49.1 Å². The van der Waals surface area contributed by atoms with E-state index in [2.05, 4.69) is 25.4 Å². The molecule has 0 spiro atoms. The summed E-state index contributed by atoms with van der Waals surface area (Å²) in [5.41, 5.74) is 9.91. The molecule has 2 saturated carbocycles. The van der Waals surface area contributed by atoms with Crippen LogP contribution in [0.5, 0.6) is 0 Å². The van der Waals surface area contributed by atoms with Crippen molar-refractivity contribution in [2.75, 3.05) is 18.9 Å². The second kappa shape index (κ2) is 9.89. The number of nitrogen functional groups attached to an aromatic ring is 1. The van der Waals surface area contributed by atoms with Crippen LogP contribution >= 0.6 is 0 Å². The second-order valence-corrected chi connectivity index (χ2v) is 9.67. The number of carbonyl (C=O) groups is 1. The van der Waals surface area contributed by atoms with Gasteiger partial charge in [-0.1, -0.05) is 11.2 Å². The zero-order valence-corrected chi connectivity index (χ0v) is 20.8. The number of fused-ring (bicyclic) bond motifs is 1. The molecular formula is C26H30N8O3. The van der Waals surface area contributed by atoms with E-state index in [1.807, 2.05) is 29.8 Å². The number of carbonyl (C=O) groups excluding carboxylic acids is 1. The summed E-state index contributed by atoms with van der Waals surface area (Å²) in [5, 5.41) is 13.0. The first-order valence-electron chi connectivity index (χ1n) is 12.9. The topological polar surface area (TPSA) is 147 Å². The second-order valence-electron chi connectivity index (χ2n) is 9.67. The SMILES string of the molecule is CCNC(=O)CCO[C@@H]1CC[C@H](n2nc(-c3noc(C4CC4)c3-c3ccccn3)c3c(N)ncnc32)C1. The molecule has 11 heteroatoms. The van der Waals surface area contributed by atoms with Gasteiger partial charge in [0.05, 0.1) is 35.4 Å². The van der Waals surface area contributed by atoms with Crippen LogP contribution in [0.25, 0.3) is 33.7 Å². The highest BCUT2D eigenvalue weighted by Crippen LogP contribution is 2.48. The molecule has 0 aromatic carbocycles. The van der Waals surface area contributed by atoms with Crippen LogP contribution in [0, 0.1) is 0 Å². The minimum Gasteiger partial charge on any atom is -0.383 e. The van der Waals surface area contributed by atoms with Crippen molar-refractivity contribution in [3.8, 4) is 22.6 Å². The van der Waals surface area contributed by atoms with E-state index in [1.165, 1.54) is 6.33 Å². The molecule has 2 atom stereocenters. The van der Waals surface area contributed by atoms with Gasteiger partial charge < -0.3 is 20.3 Å². The molecule has 1 amide bonds. The van der Waals surface area contributed by atoms with Crippen molar-refractivity contribution >= 4 is 22.8 Å². The summed E-state index contributed by atoms with van der Waals surface area (Å²) < 4.78 is 13.8. The molecule has 0 radical (unpaired) electrons. The summed E-state index contributed by atoms with van der Waals surface area (Å²) in [7, 11) is 0. The van der Waals surface area contributed by atoms with Crippen molar-refractivity contribution in [3.05, 3.63) is 36.5 Å². The van der Waals surface area contributed by atoms with Crippen LogP contribution < -0.4 is 11.1 Å². The lowest BCUT2D eigenvalue weighted by atomic mass is 10.0. The molecule has 37 heavy (non-hydrogen) atoms. The summed E-state index contributed by atoms with van der Waals surface area (Å²) in [6.45, 7) is 2.93. The van der Waals surface area contributed by atoms with Gasteiger partial charge >= 0.3 is 0 Å². The van der Waals surface area contributed by atoms with Crippen LogP contribution in [0.4, 0.5) is 5.82 Å². The number of hydrogen-bond donors (Lipinski definition) is 2. The van der Waals surface area contributed by atoms with E-state index < -0.39 is 0 Å². The van der Waals surface area contributed by atoms with Gasteiger partial charge in [-0.25, -0.2) is 14.6 Å². The van der Waals surface area contributed by atoms with Gasteiger partial charge in [0.25, 0.3) is 0 Å². The molecule has 6 rings (SSSR count). The van der Waals surface area contributed by atoms with Crippen LogP contribution in [0.2, 0.25) is 0 Å². The summed E-state index contributed by atoms with van der Waals surface area (Å²) in [4.78, 5) is 25.1. The molecule has 2 aliphatic carbocycles. The van der Waals surface area contributed by atoms with Gasteiger partial charge in [-0.2, -0.15) is 5.10 Å². The summed E-state index contributed by atoms with van der Waals surface area (Å²) in [5.74, 6) is 1.54. The highest BCUT2D eigenvalue weighted by molar-refractivity contribution is 6.00. The van der Waals surface area contributed by atoms with Gasteiger partial charge in [0, 0.05) is 25.1 Å². The number of pyridine rings is 1. The van der Waals surface area contributed by atoms with E-state index in [9.17, 15) is 4.79 Å². The predicted molar refractivity (Wildman–Crippen MR) is 136 cm³/mol. The van der Waals surface area contributed by atoms with Gasteiger partial charge in [-0.3, -0.25) is 9.78 Å². The number of nitrogens with zero attached hydrogens (tertiary/aromatic N) is 6. The molecule has 2 aliphatic rings. The summed E-state index contributed by atoms with van der Waals surface area (Å²) >= 11 is 0. The molecule has 4 aromatic rings. The Morgan fingerprint density at radius 1 is 1.19 bits per heavy atom. The monoisotopic (exact) mass is 502 g/mol. The molecule has 192 valence electrons. The number of anilines is 1. The maximum absolute atomic E-state index is 11.7. The highest BCUT2D eigenvalue weighted by atomic mass is 16.5. The zero-order valence-electron chi connectivity index (χ0n) is 20.8. The third-order valence-corrected chi connectivity index (χ3v) is 7.09. The van der Waals surface area contributed by atoms with Gasteiger partial charge in [-0.05, 0) is 51.2 Å². The van der Waals surface area contributed by atoms with Crippen molar-refractivity contribution in [1.29, 1.82) is 0 Å². The lowest BCUT2D eigenvalue weighted by Crippen LogP contribution is -2.24. The fourth-order valence-electron chi connectivity index (χ4n) is 5.16. The largest absolute Gasteiger partial charge is 0.383 e. The fraction of sp³-hybridized carbons (Fsp3) is 0.462. The quantitative estimate of drug-likeness (QED) is 0.350. The van der Waals surface area contributed by atoms with E-state index in [1.54, 1.807) is 6.20 Å². The minimum absolute atomic E-state index is 0.00817. The van der Waals surface area contributed by atoms with E-state index in [0.29, 0.717) is 53.7 Å². The number of amides is 1. The van der Waals surface area contributed by atoms with E-state index >= 15 is 0 Å². The number of rotatable bonds is 9. The van der Waals surface area contributed by atoms with Crippen molar-refractivity contribution in [2.45, 2.75) is 63.5 Å². The zero-order chi connectivity index (χ0) is 25.4. The molecule has 0 saturated heterocycles. The Bertz CT molecular complexity index is 1410. The molecule has 0 aliphatic heterocycles. The maximum atomic E-state index is 11.7. The molecular weight excluding hydrogens is 472 g/mol.